The van der Waals surface area contributed by atoms with Gasteiger partial charge in [-0.25, -0.2) is 0 Å². The third-order valence-corrected chi connectivity index (χ3v) is 5.32. The minimum Gasteiger partial charge on any atom is -0.398 e. The highest BCUT2D eigenvalue weighted by Crippen LogP contribution is 2.30. The number of nitrogen functional groups attached to an aromatic ring is 1. The van der Waals surface area contributed by atoms with Crippen LogP contribution in [0.15, 0.2) is 45.8 Å². The molecule has 1 aliphatic rings. The number of anilines is 1. The Bertz CT molecular complexity index is 610. The third kappa shape index (κ3) is 2.98. The van der Waals surface area contributed by atoms with Crippen LogP contribution in [0.4, 0.5) is 5.69 Å². The quantitative estimate of drug-likeness (QED) is 0.644. The van der Waals surface area contributed by atoms with Gasteiger partial charge in [0.25, 0.3) is 0 Å². The first kappa shape index (κ1) is 13.1. The van der Waals surface area contributed by atoms with Crippen LogP contribution in [-0.2, 0) is 18.6 Å². The molecule has 3 rings (SSSR count). The summed E-state index contributed by atoms with van der Waals surface area (Å²) in [5, 5.41) is 0. The summed E-state index contributed by atoms with van der Waals surface area (Å²) in [5.74, 6) is 0.969. The smallest absolute Gasteiger partial charge is 0.0461 e. The summed E-state index contributed by atoms with van der Waals surface area (Å²) in [7, 11) is 0. The zero-order chi connectivity index (χ0) is 13.2. The van der Waals surface area contributed by atoms with Gasteiger partial charge in [0, 0.05) is 20.8 Å². The number of fused-ring (bicyclic) bond motifs is 1. The molecule has 1 nitrogen and oxygen atoms in total. The second-order valence-electron chi connectivity index (χ2n) is 4.93. The molecule has 3 heteroatoms. The first-order valence-electron chi connectivity index (χ1n) is 6.51. The van der Waals surface area contributed by atoms with Crippen molar-refractivity contribution < 1.29 is 0 Å². The van der Waals surface area contributed by atoms with Crippen LogP contribution < -0.4 is 5.73 Å². The number of thioether (sulfide) groups is 1. The van der Waals surface area contributed by atoms with Crippen LogP contribution in [0, 0.1) is 0 Å². The number of benzene rings is 2. The molecule has 0 aromatic heterocycles. The lowest BCUT2D eigenvalue weighted by Crippen LogP contribution is -1.89. The highest BCUT2D eigenvalue weighted by Gasteiger charge is 2.10. The van der Waals surface area contributed by atoms with Crippen LogP contribution in [0.2, 0.25) is 0 Å². The molecule has 0 heterocycles. The lowest BCUT2D eigenvalue weighted by Gasteiger charge is -2.06. The van der Waals surface area contributed by atoms with Crippen molar-refractivity contribution in [1.29, 1.82) is 0 Å². The number of halogens is 1. The third-order valence-electron chi connectivity index (χ3n) is 3.54. The van der Waals surface area contributed by atoms with Crippen LogP contribution in [0.1, 0.15) is 23.1 Å². The molecule has 0 spiro atoms. The predicted molar refractivity (Wildman–Crippen MR) is 86.6 cm³/mol. The molecular formula is C16H16BrNS. The molecule has 2 N–H and O–H groups in total. The first-order valence-corrected chi connectivity index (χ1v) is 8.29. The molecule has 0 aliphatic heterocycles. The monoisotopic (exact) mass is 333 g/mol. The molecule has 0 saturated heterocycles. The molecule has 0 atom stereocenters. The van der Waals surface area contributed by atoms with E-state index in [-0.39, 0.29) is 0 Å². The standard InChI is InChI=1S/C16H16BrNS/c17-15-7-4-11(8-16(15)18)10-19-14-6-5-12-2-1-3-13(12)9-14/h4-9H,1-3,10,18H2. The Morgan fingerprint density at radius 2 is 1.89 bits per heavy atom. The van der Waals surface area contributed by atoms with Crippen LogP contribution in [0.3, 0.4) is 0 Å². The van der Waals surface area contributed by atoms with Gasteiger partial charge in [-0.15, -0.1) is 11.8 Å². The molecule has 2 aromatic carbocycles. The summed E-state index contributed by atoms with van der Waals surface area (Å²) in [6, 6.07) is 13.1. The van der Waals surface area contributed by atoms with Gasteiger partial charge in [-0.1, -0.05) is 12.1 Å². The van der Waals surface area contributed by atoms with Gasteiger partial charge in [0.15, 0.2) is 0 Å². The summed E-state index contributed by atoms with van der Waals surface area (Å²) in [4.78, 5) is 1.36. The van der Waals surface area contributed by atoms with Crippen molar-refractivity contribution in [2.24, 2.45) is 0 Å². The lowest BCUT2D eigenvalue weighted by atomic mass is 10.1. The number of hydrogen-bond donors (Lipinski definition) is 1. The summed E-state index contributed by atoms with van der Waals surface area (Å²) in [5.41, 5.74) is 11.1. The fraction of sp³-hybridized carbons (Fsp3) is 0.250. The molecule has 0 unspecified atom stereocenters. The Balaban J connectivity index is 1.70. The normalized spacial score (nSPS) is 13.5. The van der Waals surface area contributed by atoms with Gasteiger partial charge in [0.05, 0.1) is 0 Å². The topological polar surface area (TPSA) is 26.0 Å². The molecule has 0 amide bonds. The zero-order valence-corrected chi connectivity index (χ0v) is 13.1. The molecule has 0 fully saturated rings. The van der Waals surface area contributed by atoms with Crippen molar-refractivity contribution in [3.63, 3.8) is 0 Å². The second-order valence-corrected chi connectivity index (χ2v) is 6.83. The highest BCUT2D eigenvalue weighted by molar-refractivity contribution is 9.10. The van der Waals surface area contributed by atoms with Crippen molar-refractivity contribution >= 4 is 33.4 Å². The van der Waals surface area contributed by atoms with Crippen LogP contribution in [0.5, 0.6) is 0 Å². The maximum Gasteiger partial charge on any atom is 0.0461 e. The average molecular weight is 334 g/mol. The lowest BCUT2D eigenvalue weighted by molar-refractivity contribution is 0.911. The van der Waals surface area contributed by atoms with Crippen molar-refractivity contribution in [3.05, 3.63) is 57.6 Å². The Morgan fingerprint density at radius 3 is 2.74 bits per heavy atom. The molecule has 0 saturated carbocycles. The summed E-state index contributed by atoms with van der Waals surface area (Å²) < 4.78 is 0.971. The average Bonchev–Trinajstić information content (AvgIpc) is 2.87. The van der Waals surface area contributed by atoms with Gasteiger partial charge in [0.1, 0.15) is 0 Å². The van der Waals surface area contributed by atoms with Gasteiger partial charge in [-0.3, -0.25) is 0 Å². The van der Waals surface area contributed by atoms with E-state index in [1.165, 1.54) is 35.3 Å². The first-order chi connectivity index (χ1) is 9.22. The maximum atomic E-state index is 5.91. The van der Waals surface area contributed by atoms with E-state index in [2.05, 4.69) is 40.2 Å². The molecule has 0 bridgehead atoms. The van der Waals surface area contributed by atoms with Crippen molar-refractivity contribution in [1.82, 2.24) is 0 Å². The number of nitrogens with two attached hydrogens (primary N) is 1. The van der Waals surface area contributed by atoms with Gasteiger partial charge in [-0.05, 0) is 76.1 Å². The second kappa shape index (κ2) is 5.59. The maximum absolute atomic E-state index is 5.91. The fourth-order valence-electron chi connectivity index (χ4n) is 2.49. The minimum absolute atomic E-state index is 0.812. The van der Waals surface area contributed by atoms with Gasteiger partial charge < -0.3 is 5.73 Å². The predicted octanol–water partition coefficient (Wildman–Crippen LogP) is 4.81. The van der Waals surface area contributed by atoms with Gasteiger partial charge >= 0.3 is 0 Å². The molecule has 1 aliphatic carbocycles. The Kier molecular flexibility index (Phi) is 3.85. The molecule has 2 aromatic rings. The van der Waals surface area contributed by atoms with E-state index < -0.39 is 0 Å². The van der Waals surface area contributed by atoms with E-state index in [9.17, 15) is 0 Å². The van der Waals surface area contributed by atoms with E-state index >= 15 is 0 Å². The Morgan fingerprint density at radius 1 is 1.05 bits per heavy atom. The number of rotatable bonds is 3. The Labute approximate surface area is 126 Å². The largest absolute Gasteiger partial charge is 0.398 e. The van der Waals surface area contributed by atoms with Crippen LogP contribution in [-0.4, -0.2) is 0 Å². The van der Waals surface area contributed by atoms with Crippen molar-refractivity contribution in [3.8, 4) is 0 Å². The van der Waals surface area contributed by atoms with Crippen molar-refractivity contribution in [2.45, 2.75) is 29.9 Å². The summed E-state index contributed by atoms with van der Waals surface area (Å²) in [6.45, 7) is 0. The molecule has 0 radical (unpaired) electrons. The number of aryl methyl sites for hydroxylation is 2. The van der Waals surface area contributed by atoms with Crippen molar-refractivity contribution in [2.75, 3.05) is 5.73 Å². The SMILES string of the molecule is Nc1cc(CSc2ccc3c(c2)CCC3)ccc1Br. The van der Waals surface area contributed by atoms with Crippen LogP contribution in [0.25, 0.3) is 0 Å². The fourth-order valence-corrected chi connectivity index (χ4v) is 3.64. The number of hydrogen-bond acceptors (Lipinski definition) is 2. The minimum atomic E-state index is 0.812. The zero-order valence-electron chi connectivity index (χ0n) is 10.7. The van der Waals surface area contributed by atoms with Gasteiger partial charge in [-0.2, -0.15) is 0 Å². The molecule has 19 heavy (non-hydrogen) atoms. The van der Waals surface area contributed by atoms with E-state index in [4.69, 9.17) is 5.73 Å². The Hall–Kier alpha value is -0.930. The van der Waals surface area contributed by atoms with E-state index in [0.29, 0.717) is 0 Å². The van der Waals surface area contributed by atoms with E-state index in [0.717, 1.165) is 15.9 Å². The summed E-state index contributed by atoms with van der Waals surface area (Å²) >= 11 is 5.31. The van der Waals surface area contributed by atoms with Gasteiger partial charge in [0.2, 0.25) is 0 Å². The highest BCUT2D eigenvalue weighted by atomic mass is 79.9. The van der Waals surface area contributed by atoms with E-state index in [1.807, 2.05) is 23.9 Å². The van der Waals surface area contributed by atoms with Crippen LogP contribution >= 0.6 is 27.7 Å². The molecular weight excluding hydrogens is 318 g/mol. The van der Waals surface area contributed by atoms with E-state index in [1.54, 1.807) is 5.56 Å². The summed E-state index contributed by atoms with van der Waals surface area (Å²) in [6.07, 6.45) is 3.81. The molecule has 98 valence electrons.